The van der Waals surface area contributed by atoms with Crippen LogP contribution in [0.15, 0.2) is 63.8 Å². The Morgan fingerprint density at radius 2 is 1.80 bits per heavy atom. The van der Waals surface area contributed by atoms with Gasteiger partial charge in [0, 0.05) is 39.1 Å². The van der Waals surface area contributed by atoms with Crippen LogP contribution < -0.4 is 0 Å². The highest BCUT2D eigenvalue weighted by Gasteiger charge is 2.09. The lowest BCUT2D eigenvalue weighted by atomic mass is 10.2. The third kappa shape index (κ3) is 3.97. The van der Waals surface area contributed by atoms with Crippen molar-refractivity contribution in [2.45, 2.75) is 10.9 Å². The summed E-state index contributed by atoms with van der Waals surface area (Å²) < 4.78 is 1.07. The number of nitrogens with one attached hydrogen (secondary N) is 1. The van der Waals surface area contributed by atoms with Crippen LogP contribution in [0, 0.1) is 0 Å². The molecule has 4 aromatic rings. The standard InChI is InChI=1S/C17H12BrN5S2/c18-13-3-1-12(2-4-13)16-20-14(9-24-16)10-25-17-21-15(22-23-17)11-5-7-19-8-6-11/h1-9H,10H2,(H,21,22,23). The van der Waals surface area contributed by atoms with Gasteiger partial charge in [0.2, 0.25) is 5.16 Å². The molecule has 0 aliphatic heterocycles. The Hall–Kier alpha value is -2.03. The van der Waals surface area contributed by atoms with Crippen molar-refractivity contribution in [3.8, 4) is 22.0 Å². The Morgan fingerprint density at radius 3 is 2.60 bits per heavy atom. The van der Waals surface area contributed by atoms with Crippen LogP contribution in [-0.4, -0.2) is 25.1 Å². The average Bonchev–Trinajstić information content (AvgIpc) is 3.31. The number of thioether (sulfide) groups is 1. The fraction of sp³-hybridized carbons (Fsp3) is 0.0588. The zero-order valence-electron chi connectivity index (χ0n) is 12.9. The summed E-state index contributed by atoms with van der Waals surface area (Å²) >= 11 is 6.67. The summed E-state index contributed by atoms with van der Waals surface area (Å²) in [5.41, 5.74) is 3.13. The van der Waals surface area contributed by atoms with E-state index in [1.165, 1.54) is 0 Å². The summed E-state index contributed by atoms with van der Waals surface area (Å²) in [6.45, 7) is 0. The van der Waals surface area contributed by atoms with E-state index in [9.17, 15) is 0 Å². The van der Waals surface area contributed by atoms with E-state index in [1.54, 1.807) is 35.5 Å². The molecule has 0 fully saturated rings. The van der Waals surface area contributed by atoms with Crippen molar-refractivity contribution in [1.29, 1.82) is 0 Å². The van der Waals surface area contributed by atoms with Crippen molar-refractivity contribution in [2.75, 3.05) is 0 Å². The third-order valence-corrected chi connectivity index (χ3v) is 5.76. The van der Waals surface area contributed by atoms with Crippen LogP contribution in [0.2, 0.25) is 0 Å². The second-order valence-corrected chi connectivity index (χ2v) is 7.86. The third-order valence-electron chi connectivity index (χ3n) is 3.41. The van der Waals surface area contributed by atoms with E-state index >= 15 is 0 Å². The predicted molar refractivity (Wildman–Crippen MR) is 104 cm³/mol. The molecule has 124 valence electrons. The van der Waals surface area contributed by atoms with Crippen LogP contribution in [-0.2, 0) is 5.75 Å². The first kappa shape index (κ1) is 16.4. The van der Waals surface area contributed by atoms with Gasteiger partial charge in [-0.05, 0) is 24.3 Å². The number of hydrogen-bond donors (Lipinski definition) is 1. The number of hydrogen-bond acceptors (Lipinski definition) is 6. The van der Waals surface area contributed by atoms with E-state index in [0.29, 0.717) is 5.16 Å². The van der Waals surface area contributed by atoms with Crippen LogP contribution in [0.25, 0.3) is 22.0 Å². The van der Waals surface area contributed by atoms with Gasteiger partial charge in [-0.3, -0.25) is 10.1 Å². The SMILES string of the molecule is Brc1ccc(-c2nc(CSc3n[nH]c(-c4ccncc4)n3)cs2)cc1. The average molecular weight is 430 g/mol. The van der Waals surface area contributed by atoms with Gasteiger partial charge in [-0.1, -0.05) is 39.8 Å². The molecule has 0 radical (unpaired) electrons. The maximum absolute atomic E-state index is 4.70. The van der Waals surface area contributed by atoms with Crippen LogP contribution in [0.5, 0.6) is 0 Å². The van der Waals surface area contributed by atoms with Crippen molar-refractivity contribution in [2.24, 2.45) is 0 Å². The van der Waals surface area contributed by atoms with Crippen molar-refractivity contribution in [1.82, 2.24) is 25.1 Å². The van der Waals surface area contributed by atoms with Crippen LogP contribution >= 0.6 is 39.0 Å². The largest absolute Gasteiger partial charge is 0.265 e. The lowest BCUT2D eigenvalue weighted by Crippen LogP contribution is -1.83. The lowest BCUT2D eigenvalue weighted by molar-refractivity contribution is 0.972. The Kier molecular flexibility index (Phi) is 4.91. The number of thiazole rings is 1. The molecule has 3 heterocycles. The first-order valence-electron chi connectivity index (χ1n) is 7.44. The van der Waals surface area contributed by atoms with E-state index in [1.807, 2.05) is 24.3 Å². The molecule has 4 rings (SSSR count). The van der Waals surface area contributed by atoms with Gasteiger partial charge >= 0.3 is 0 Å². The number of aromatic nitrogens is 5. The van der Waals surface area contributed by atoms with Crippen LogP contribution in [0.4, 0.5) is 0 Å². The molecule has 3 aromatic heterocycles. The highest BCUT2D eigenvalue weighted by atomic mass is 79.9. The van der Waals surface area contributed by atoms with E-state index in [4.69, 9.17) is 4.98 Å². The number of H-pyrrole nitrogens is 1. The summed E-state index contributed by atoms with van der Waals surface area (Å²) in [4.78, 5) is 13.2. The topological polar surface area (TPSA) is 67.3 Å². The van der Waals surface area contributed by atoms with Crippen molar-refractivity contribution in [3.63, 3.8) is 0 Å². The zero-order valence-corrected chi connectivity index (χ0v) is 16.1. The minimum absolute atomic E-state index is 0.713. The Labute approximate surface area is 161 Å². The van der Waals surface area contributed by atoms with E-state index in [2.05, 4.69) is 53.6 Å². The maximum atomic E-state index is 4.70. The molecule has 0 spiro atoms. The van der Waals surface area contributed by atoms with Gasteiger partial charge in [-0.2, -0.15) is 0 Å². The Morgan fingerprint density at radius 1 is 1.00 bits per heavy atom. The molecule has 5 nitrogen and oxygen atoms in total. The van der Waals surface area contributed by atoms with Gasteiger partial charge in [0.05, 0.1) is 5.69 Å². The Balaban J connectivity index is 1.42. The number of halogens is 1. The lowest BCUT2D eigenvalue weighted by Gasteiger charge is -1.96. The second kappa shape index (κ2) is 7.47. The molecular formula is C17H12BrN5S2. The maximum Gasteiger partial charge on any atom is 0.209 e. The zero-order chi connectivity index (χ0) is 17.1. The molecular weight excluding hydrogens is 418 g/mol. The van der Waals surface area contributed by atoms with Gasteiger partial charge < -0.3 is 0 Å². The summed E-state index contributed by atoms with van der Waals surface area (Å²) in [6, 6.07) is 12.0. The first-order chi connectivity index (χ1) is 12.3. The summed E-state index contributed by atoms with van der Waals surface area (Å²) in [6.07, 6.45) is 3.48. The van der Waals surface area contributed by atoms with Crippen molar-refractivity contribution in [3.05, 3.63) is 64.3 Å². The molecule has 0 atom stereocenters. The van der Waals surface area contributed by atoms with Gasteiger partial charge in [-0.15, -0.1) is 16.4 Å². The number of benzene rings is 1. The van der Waals surface area contributed by atoms with E-state index < -0.39 is 0 Å². The monoisotopic (exact) mass is 429 g/mol. The smallest absolute Gasteiger partial charge is 0.209 e. The molecule has 8 heteroatoms. The molecule has 1 aromatic carbocycles. The fourth-order valence-electron chi connectivity index (χ4n) is 2.19. The van der Waals surface area contributed by atoms with Crippen molar-refractivity contribution < 1.29 is 0 Å². The highest BCUT2D eigenvalue weighted by Crippen LogP contribution is 2.28. The molecule has 0 saturated carbocycles. The van der Waals surface area contributed by atoms with Crippen LogP contribution in [0.3, 0.4) is 0 Å². The van der Waals surface area contributed by atoms with Crippen LogP contribution in [0.1, 0.15) is 5.69 Å². The van der Waals surface area contributed by atoms with Gasteiger partial charge in [0.1, 0.15) is 5.01 Å². The normalized spacial score (nSPS) is 10.9. The minimum Gasteiger partial charge on any atom is -0.265 e. The first-order valence-corrected chi connectivity index (χ1v) is 10.1. The summed E-state index contributed by atoms with van der Waals surface area (Å²) in [7, 11) is 0. The second-order valence-electron chi connectivity index (χ2n) is 5.14. The molecule has 0 aliphatic rings. The fourth-order valence-corrected chi connectivity index (χ4v) is 4.07. The van der Waals surface area contributed by atoms with Crippen molar-refractivity contribution >= 4 is 39.0 Å². The minimum atomic E-state index is 0.713. The molecule has 0 aliphatic carbocycles. The number of pyridine rings is 1. The molecule has 0 unspecified atom stereocenters. The molecule has 0 bridgehead atoms. The van der Waals surface area contributed by atoms with E-state index in [-0.39, 0.29) is 0 Å². The predicted octanol–water partition coefficient (Wildman–Crippen LogP) is 5.05. The van der Waals surface area contributed by atoms with Gasteiger partial charge in [0.15, 0.2) is 5.82 Å². The van der Waals surface area contributed by atoms with E-state index in [0.717, 1.165) is 37.9 Å². The quantitative estimate of drug-likeness (QED) is 0.449. The number of rotatable bonds is 5. The summed E-state index contributed by atoms with van der Waals surface area (Å²) in [5, 5.41) is 11.0. The van der Waals surface area contributed by atoms with Gasteiger partial charge in [0.25, 0.3) is 0 Å². The summed E-state index contributed by atoms with van der Waals surface area (Å²) in [5.74, 6) is 1.49. The number of aromatic amines is 1. The molecule has 25 heavy (non-hydrogen) atoms. The Bertz CT molecular complexity index is 966. The van der Waals surface area contributed by atoms with Gasteiger partial charge in [-0.25, -0.2) is 9.97 Å². The molecule has 1 N–H and O–H groups in total. The molecule has 0 amide bonds. The number of nitrogens with zero attached hydrogens (tertiary/aromatic N) is 4. The molecule has 0 saturated heterocycles. The highest BCUT2D eigenvalue weighted by molar-refractivity contribution is 9.10.